The highest BCUT2D eigenvalue weighted by Crippen LogP contribution is 2.37. The first kappa shape index (κ1) is 24.9. The van der Waals surface area contributed by atoms with Crippen LogP contribution in [0.4, 0.5) is 17.5 Å². The van der Waals surface area contributed by atoms with Crippen molar-refractivity contribution < 1.29 is 4.43 Å². The van der Waals surface area contributed by atoms with E-state index in [1.165, 1.54) is 0 Å². The number of nitrogens with one attached hydrogen (secondary N) is 2. The molecule has 0 aliphatic carbocycles. The zero-order chi connectivity index (χ0) is 23.9. The fourth-order valence-corrected chi connectivity index (χ4v) is 3.93. The van der Waals surface area contributed by atoms with Crippen LogP contribution in [0, 0.1) is 0 Å². The summed E-state index contributed by atoms with van der Waals surface area (Å²) in [5, 5.41) is 6.86. The molecule has 0 aliphatic rings. The van der Waals surface area contributed by atoms with Gasteiger partial charge in [-0.3, -0.25) is 0 Å². The first-order chi connectivity index (χ1) is 15.7. The highest BCUT2D eigenvalue weighted by atomic mass is 28.4. The number of hydrogen-bond donors (Lipinski definition) is 2. The number of anilines is 3. The van der Waals surface area contributed by atoms with Crippen LogP contribution in [-0.2, 0) is 11.0 Å². The van der Waals surface area contributed by atoms with Crippen LogP contribution in [0.1, 0.15) is 46.1 Å². The zero-order valence-corrected chi connectivity index (χ0v) is 21.8. The van der Waals surface area contributed by atoms with Gasteiger partial charge in [0.05, 0.1) is 12.3 Å². The van der Waals surface area contributed by atoms with E-state index in [1.54, 1.807) is 6.20 Å². The molecule has 176 valence electrons. The number of unbranched alkanes of at least 4 members (excludes halogenated alkanes) is 1. The van der Waals surface area contributed by atoms with Crippen LogP contribution < -0.4 is 10.6 Å². The monoisotopic (exact) mass is 463 g/mol. The summed E-state index contributed by atoms with van der Waals surface area (Å²) in [5.41, 5.74) is 3.86. The van der Waals surface area contributed by atoms with Gasteiger partial charge in [0, 0.05) is 30.2 Å². The molecule has 7 heteroatoms. The Bertz CT molecular complexity index is 1030. The van der Waals surface area contributed by atoms with Crippen LogP contribution in [-0.4, -0.2) is 29.8 Å². The third-order valence-corrected chi connectivity index (χ3v) is 10.6. The fourth-order valence-electron chi connectivity index (χ4n) is 2.97. The van der Waals surface area contributed by atoms with Gasteiger partial charge in [-0.2, -0.15) is 0 Å². The Kier molecular flexibility index (Phi) is 8.21. The Hall–Kier alpha value is -2.77. The maximum absolute atomic E-state index is 6.37. The van der Waals surface area contributed by atoms with Crippen molar-refractivity contribution in [2.24, 2.45) is 0 Å². The molecule has 33 heavy (non-hydrogen) atoms. The molecule has 0 spiro atoms. The molecule has 2 heterocycles. The van der Waals surface area contributed by atoms with E-state index in [2.05, 4.69) is 78.5 Å². The van der Waals surface area contributed by atoms with E-state index in [0.29, 0.717) is 12.6 Å². The standard InChI is InChI=1S/C26H37N5OSi/c1-7-8-15-27-24-13-12-21(18-29-24)23-14-16-28-25(31-23)30-22-11-9-10-20(17-22)19-32-33(5,6)26(2,3)4/h9-14,16-18H,7-8,15,19H2,1-6H3,(H,27,29)(H,28,30,31). The maximum atomic E-state index is 6.37. The predicted molar refractivity (Wildman–Crippen MR) is 140 cm³/mol. The fraction of sp³-hybridized carbons (Fsp3) is 0.423. The van der Waals surface area contributed by atoms with Gasteiger partial charge in [0.25, 0.3) is 0 Å². The van der Waals surface area contributed by atoms with Crippen molar-refractivity contribution in [1.29, 1.82) is 0 Å². The average Bonchev–Trinajstić information content (AvgIpc) is 2.78. The molecule has 0 saturated heterocycles. The summed E-state index contributed by atoms with van der Waals surface area (Å²) in [5.74, 6) is 1.44. The lowest BCUT2D eigenvalue weighted by atomic mass is 10.2. The molecule has 2 N–H and O–H groups in total. The topological polar surface area (TPSA) is 72.0 Å². The second-order valence-electron chi connectivity index (χ2n) is 9.85. The van der Waals surface area contributed by atoms with Gasteiger partial charge >= 0.3 is 0 Å². The number of hydrogen-bond acceptors (Lipinski definition) is 6. The van der Waals surface area contributed by atoms with E-state index < -0.39 is 8.32 Å². The normalized spacial score (nSPS) is 11.9. The minimum Gasteiger partial charge on any atom is -0.413 e. The number of benzene rings is 1. The smallest absolute Gasteiger partial charge is 0.227 e. The van der Waals surface area contributed by atoms with Gasteiger partial charge in [-0.25, -0.2) is 15.0 Å². The lowest BCUT2D eigenvalue weighted by molar-refractivity contribution is 0.276. The summed E-state index contributed by atoms with van der Waals surface area (Å²) in [6, 6.07) is 14.2. The third-order valence-electron chi connectivity index (χ3n) is 6.14. The number of rotatable bonds is 10. The summed E-state index contributed by atoms with van der Waals surface area (Å²) in [6.07, 6.45) is 5.91. The Labute approximate surface area is 199 Å². The molecule has 0 radical (unpaired) electrons. The van der Waals surface area contributed by atoms with Crippen LogP contribution in [0.25, 0.3) is 11.3 Å². The predicted octanol–water partition coefficient (Wildman–Crippen LogP) is 7.02. The van der Waals surface area contributed by atoms with Crippen LogP contribution in [0.15, 0.2) is 54.9 Å². The largest absolute Gasteiger partial charge is 0.413 e. The SMILES string of the molecule is CCCCNc1ccc(-c2ccnc(Nc3cccc(CO[Si](C)(C)C(C)(C)C)c3)n2)cn1. The van der Waals surface area contributed by atoms with Crippen LogP contribution >= 0.6 is 0 Å². The minimum atomic E-state index is -1.79. The van der Waals surface area contributed by atoms with E-state index >= 15 is 0 Å². The molecular formula is C26H37N5OSi. The Morgan fingerprint density at radius 2 is 1.85 bits per heavy atom. The highest BCUT2D eigenvalue weighted by Gasteiger charge is 2.37. The van der Waals surface area contributed by atoms with Crippen molar-refractivity contribution in [3.63, 3.8) is 0 Å². The van der Waals surface area contributed by atoms with E-state index in [-0.39, 0.29) is 5.04 Å². The minimum absolute atomic E-state index is 0.190. The first-order valence-corrected chi connectivity index (χ1v) is 14.6. The molecule has 3 rings (SSSR count). The number of nitrogens with zero attached hydrogens (tertiary/aromatic N) is 3. The van der Waals surface area contributed by atoms with Crippen molar-refractivity contribution in [3.05, 3.63) is 60.4 Å². The molecule has 6 nitrogen and oxygen atoms in total. The van der Waals surface area contributed by atoms with Crippen molar-refractivity contribution in [2.45, 2.75) is 65.3 Å². The van der Waals surface area contributed by atoms with Gasteiger partial charge in [-0.15, -0.1) is 0 Å². The van der Waals surface area contributed by atoms with Crippen LogP contribution in [0.2, 0.25) is 18.1 Å². The Balaban J connectivity index is 1.66. The van der Waals surface area contributed by atoms with Crippen LogP contribution in [0.3, 0.4) is 0 Å². The lowest BCUT2D eigenvalue weighted by Crippen LogP contribution is -2.40. The Morgan fingerprint density at radius 1 is 1.03 bits per heavy atom. The molecule has 0 fully saturated rings. The molecule has 0 aliphatic heterocycles. The third kappa shape index (κ3) is 7.10. The Morgan fingerprint density at radius 3 is 2.55 bits per heavy atom. The molecule has 0 unspecified atom stereocenters. The summed E-state index contributed by atoms with van der Waals surface area (Å²) in [7, 11) is -1.79. The molecular weight excluding hydrogens is 426 g/mol. The summed E-state index contributed by atoms with van der Waals surface area (Å²) in [4.78, 5) is 13.6. The number of aromatic nitrogens is 3. The van der Waals surface area contributed by atoms with Gasteiger partial charge in [0.15, 0.2) is 8.32 Å². The molecule has 3 aromatic rings. The van der Waals surface area contributed by atoms with Gasteiger partial charge in [-0.05, 0) is 60.4 Å². The highest BCUT2D eigenvalue weighted by molar-refractivity contribution is 6.74. The lowest BCUT2D eigenvalue weighted by Gasteiger charge is -2.36. The van der Waals surface area contributed by atoms with Crippen molar-refractivity contribution >= 4 is 25.8 Å². The van der Waals surface area contributed by atoms with Crippen molar-refractivity contribution in [3.8, 4) is 11.3 Å². The van der Waals surface area contributed by atoms with E-state index in [9.17, 15) is 0 Å². The molecule has 1 aromatic carbocycles. The molecule has 0 saturated carbocycles. The second kappa shape index (κ2) is 10.9. The maximum Gasteiger partial charge on any atom is 0.227 e. The first-order valence-electron chi connectivity index (χ1n) is 11.7. The van der Waals surface area contributed by atoms with Gasteiger partial charge < -0.3 is 15.1 Å². The summed E-state index contributed by atoms with van der Waals surface area (Å²) >= 11 is 0. The summed E-state index contributed by atoms with van der Waals surface area (Å²) < 4.78 is 6.37. The average molecular weight is 464 g/mol. The summed E-state index contributed by atoms with van der Waals surface area (Å²) in [6.45, 7) is 15.0. The zero-order valence-electron chi connectivity index (χ0n) is 20.8. The molecule has 0 atom stereocenters. The second-order valence-corrected chi connectivity index (χ2v) is 14.7. The van der Waals surface area contributed by atoms with Gasteiger partial charge in [0.2, 0.25) is 5.95 Å². The molecule has 2 aromatic heterocycles. The molecule has 0 bridgehead atoms. The van der Waals surface area contributed by atoms with Gasteiger partial charge in [-0.1, -0.05) is 46.2 Å². The quantitative estimate of drug-likeness (QED) is 0.249. The van der Waals surface area contributed by atoms with E-state index in [1.807, 2.05) is 36.5 Å². The van der Waals surface area contributed by atoms with E-state index in [4.69, 9.17) is 4.43 Å². The van der Waals surface area contributed by atoms with E-state index in [0.717, 1.165) is 47.7 Å². The number of pyridine rings is 1. The van der Waals surface area contributed by atoms with Crippen molar-refractivity contribution in [2.75, 3.05) is 17.2 Å². The van der Waals surface area contributed by atoms with Crippen LogP contribution in [0.5, 0.6) is 0 Å². The molecule has 0 amide bonds. The van der Waals surface area contributed by atoms with Gasteiger partial charge in [0.1, 0.15) is 5.82 Å². The van der Waals surface area contributed by atoms with Crippen molar-refractivity contribution in [1.82, 2.24) is 15.0 Å².